The summed E-state index contributed by atoms with van der Waals surface area (Å²) in [6.07, 6.45) is 1.63. The molecule has 0 saturated carbocycles. The first-order valence-electron chi connectivity index (χ1n) is 5.69. The number of benzene rings is 1. The van der Waals surface area contributed by atoms with Crippen molar-refractivity contribution in [1.29, 1.82) is 0 Å². The van der Waals surface area contributed by atoms with Crippen LogP contribution in [0.1, 0.15) is 20.3 Å². The van der Waals surface area contributed by atoms with Crippen LogP contribution in [0, 0.1) is 0 Å². The summed E-state index contributed by atoms with van der Waals surface area (Å²) in [5.41, 5.74) is 1.21. The Balaban J connectivity index is 1.98. The first kappa shape index (κ1) is 12.3. The van der Waals surface area contributed by atoms with Crippen molar-refractivity contribution in [3.8, 4) is 0 Å². The molecule has 0 fully saturated rings. The minimum atomic E-state index is -0.276. The van der Waals surface area contributed by atoms with E-state index in [0.717, 1.165) is 6.54 Å². The van der Waals surface area contributed by atoms with Crippen molar-refractivity contribution in [3.05, 3.63) is 30.3 Å². The lowest BCUT2D eigenvalue weighted by atomic mass is 10.3. The maximum absolute atomic E-state index is 5.61. The number of hydrogen-bond donors (Lipinski definition) is 1. The molecule has 0 aliphatic carbocycles. The maximum atomic E-state index is 5.61. The van der Waals surface area contributed by atoms with Gasteiger partial charge in [0.15, 0.2) is 9.76 Å². The summed E-state index contributed by atoms with van der Waals surface area (Å²) < 4.78 is 5.61. The third kappa shape index (κ3) is 6.31. The van der Waals surface area contributed by atoms with E-state index in [4.69, 9.17) is 4.43 Å². The first-order valence-corrected chi connectivity index (χ1v) is 7.27. The van der Waals surface area contributed by atoms with Crippen LogP contribution in [0.3, 0.4) is 0 Å². The van der Waals surface area contributed by atoms with Crippen molar-refractivity contribution < 1.29 is 4.43 Å². The van der Waals surface area contributed by atoms with Crippen LogP contribution in [0.2, 0.25) is 6.04 Å². The van der Waals surface area contributed by atoms with Crippen LogP contribution in [-0.2, 0) is 4.43 Å². The van der Waals surface area contributed by atoms with Gasteiger partial charge < -0.3 is 9.74 Å². The van der Waals surface area contributed by atoms with Gasteiger partial charge in [0, 0.05) is 18.3 Å². The van der Waals surface area contributed by atoms with Crippen LogP contribution in [0.15, 0.2) is 30.3 Å². The minimum absolute atomic E-state index is 0.276. The summed E-state index contributed by atoms with van der Waals surface area (Å²) in [5, 5.41) is 3.40. The molecule has 1 rings (SSSR count). The number of hydrogen-bond acceptors (Lipinski definition) is 2. The van der Waals surface area contributed by atoms with Crippen molar-refractivity contribution in [2.45, 2.75) is 32.4 Å². The van der Waals surface area contributed by atoms with Crippen LogP contribution >= 0.6 is 0 Å². The zero-order valence-corrected chi connectivity index (χ0v) is 11.1. The second kappa shape index (κ2) is 7.48. The van der Waals surface area contributed by atoms with E-state index in [1.54, 1.807) is 0 Å². The van der Waals surface area contributed by atoms with Gasteiger partial charge in [-0.05, 0) is 38.4 Å². The van der Waals surface area contributed by atoms with Crippen LogP contribution in [0.5, 0.6) is 0 Å². The zero-order chi connectivity index (χ0) is 10.9. The van der Waals surface area contributed by atoms with Gasteiger partial charge in [0.1, 0.15) is 0 Å². The molecule has 0 bridgehead atoms. The number of anilines is 1. The highest BCUT2D eigenvalue weighted by molar-refractivity contribution is 6.27. The Morgan fingerprint density at radius 1 is 1.27 bits per heavy atom. The zero-order valence-electron chi connectivity index (χ0n) is 9.70. The van der Waals surface area contributed by atoms with Crippen molar-refractivity contribution in [2.75, 3.05) is 11.9 Å². The lowest BCUT2D eigenvalue weighted by Gasteiger charge is -2.08. The third-order valence-corrected chi connectivity index (χ3v) is 3.82. The molecule has 1 aromatic carbocycles. The molecule has 2 nitrogen and oxygen atoms in total. The fraction of sp³-hybridized carbons (Fsp3) is 0.500. The maximum Gasteiger partial charge on any atom is 0.162 e. The van der Waals surface area contributed by atoms with Gasteiger partial charge in [0.2, 0.25) is 0 Å². The van der Waals surface area contributed by atoms with Crippen molar-refractivity contribution in [1.82, 2.24) is 0 Å². The van der Waals surface area contributed by atoms with E-state index in [1.807, 2.05) is 6.07 Å². The molecule has 3 heteroatoms. The molecule has 84 valence electrons. The monoisotopic (exact) mass is 223 g/mol. The number of nitrogens with one attached hydrogen (secondary N) is 1. The molecule has 0 radical (unpaired) electrons. The summed E-state index contributed by atoms with van der Waals surface area (Å²) in [7, 11) is -0.276. The van der Waals surface area contributed by atoms with Crippen LogP contribution < -0.4 is 5.32 Å². The summed E-state index contributed by atoms with van der Waals surface area (Å²) in [6.45, 7) is 5.27. The summed E-state index contributed by atoms with van der Waals surface area (Å²) in [5.74, 6) is 0. The normalized spacial score (nSPS) is 11.4. The van der Waals surface area contributed by atoms with Crippen molar-refractivity contribution >= 4 is 15.5 Å². The van der Waals surface area contributed by atoms with Gasteiger partial charge >= 0.3 is 0 Å². The van der Waals surface area contributed by atoms with E-state index in [9.17, 15) is 0 Å². The summed E-state index contributed by atoms with van der Waals surface area (Å²) in [4.78, 5) is 0. The van der Waals surface area contributed by atoms with E-state index in [-0.39, 0.29) is 9.76 Å². The predicted molar refractivity (Wildman–Crippen MR) is 69.1 cm³/mol. The largest absolute Gasteiger partial charge is 0.422 e. The number of rotatable bonds is 7. The molecule has 0 spiro atoms. The fourth-order valence-corrected chi connectivity index (χ4v) is 2.43. The minimum Gasteiger partial charge on any atom is -0.422 e. The molecule has 0 amide bonds. The van der Waals surface area contributed by atoms with Gasteiger partial charge in [-0.15, -0.1) is 0 Å². The molecule has 1 aromatic rings. The van der Waals surface area contributed by atoms with Gasteiger partial charge in [0.05, 0.1) is 0 Å². The quantitative estimate of drug-likeness (QED) is 0.566. The van der Waals surface area contributed by atoms with Crippen molar-refractivity contribution in [2.24, 2.45) is 0 Å². The van der Waals surface area contributed by atoms with Gasteiger partial charge in [-0.1, -0.05) is 18.2 Å². The molecule has 0 aliphatic heterocycles. The highest BCUT2D eigenvalue weighted by atomic mass is 28.2. The molecular weight excluding hydrogens is 202 g/mol. The predicted octanol–water partition coefficient (Wildman–Crippen LogP) is 2.42. The van der Waals surface area contributed by atoms with Crippen LogP contribution in [0.25, 0.3) is 0 Å². The SMILES string of the molecule is CC(C)O[SiH2]CCCNc1ccccc1. The lowest BCUT2D eigenvalue weighted by molar-refractivity contribution is 0.255. The Morgan fingerprint density at radius 3 is 2.67 bits per heavy atom. The molecular formula is C12H21NOSi. The topological polar surface area (TPSA) is 21.3 Å². The number of para-hydroxylation sites is 1. The van der Waals surface area contributed by atoms with E-state index >= 15 is 0 Å². The smallest absolute Gasteiger partial charge is 0.162 e. The molecule has 15 heavy (non-hydrogen) atoms. The van der Waals surface area contributed by atoms with Gasteiger partial charge in [-0.2, -0.15) is 0 Å². The van der Waals surface area contributed by atoms with E-state index < -0.39 is 0 Å². The van der Waals surface area contributed by atoms with Crippen LogP contribution in [0.4, 0.5) is 5.69 Å². The van der Waals surface area contributed by atoms with Crippen LogP contribution in [-0.4, -0.2) is 22.4 Å². The van der Waals surface area contributed by atoms with Gasteiger partial charge in [0.25, 0.3) is 0 Å². The van der Waals surface area contributed by atoms with E-state index in [1.165, 1.54) is 18.2 Å². The van der Waals surface area contributed by atoms with Gasteiger partial charge in [-0.25, -0.2) is 0 Å². The van der Waals surface area contributed by atoms with Gasteiger partial charge in [-0.3, -0.25) is 0 Å². The Labute approximate surface area is 95.0 Å². The first-order chi connectivity index (χ1) is 7.29. The summed E-state index contributed by atoms with van der Waals surface area (Å²) in [6, 6.07) is 11.6. The molecule has 0 aliphatic rings. The fourth-order valence-electron chi connectivity index (χ4n) is 1.33. The Morgan fingerprint density at radius 2 is 2.00 bits per heavy atom. The Kier molecular flexibility index (Phi) is 6.12. The van der Waals surface area contributed by atoms with E-state index in [0.29, 0.717) is 6.10 Å². The third-order valence-electron chi connectivity index (χ3n) is 2.13. The molecule has 0 aromatic heterocycles. The molecule has 0 heterocycles. The van der Waals surface area contributed by atoms with Crippen molar-refractivity contribution in [3.63, 3.8) is 0 Å². The molecule has 0 saturated heterocycles. The second-order valence-electron chi connectivity index (χ2n) is 3.92. The summed E-state index contributed by atoms with van der Waals surface area (Å²) >= 11 is 0. The lowest BCUT2D eigenvalue weighted by Crippen LogP contribution is -2.09. The highest BCUT2D eigenvalue weighted by Crippen LogP contribution is 2.05. The average Bonchev–Trinajstić information content (AvgIpc) is 2.24. The highest BCUT2D eigenvalue weighted by Gasteiger charge is 1.94. The molecule has 0 unspecified atom stereocenters. The Hall–Kier alpha value is -0.803. The standard InChI is InChI=1S/C12H21NOSi/c1-11(2)14-15-10-6-9-13-12-7-4-3-5-8-12/h3-5,7-8,11,13H,6,9-10,15H2,1-2H3. The molecule has 1 N–H and O–H groups in total. The second-order valence-corrected chi connectivity index (χ2v) is 5.37. The Bertz CT molecular complexity index is 251. The average molecular weight is 223 g/mol. The molecule has 0 atom stereocenters. The van der Waals surface area contributed by atoms with E-state index in [2.05, 4.69) is 43.4 Å².